The molecule has 1 amide bonds. The number of hydrogen-bond acceptors (Lipinski definition) is 8. The van der Waals surface area contributed by atoms with Crippen molar-refractivity contribution in [2.24, 2.45) is 0 Å². The number of amides is 1. The van der Waals surface area contributed by atoms with Crippen molar-refractivity contribution in [3.63, 3.8) is 0 Å². The zero-order valence-corrected chi connectivity index (χ0v) is 50.7. The van der Waals surface area contributed by atoms with E-state index in [0.717, 1.165) is 77.0 Å². The lowest BCUT2D eigenvalue weighted by Crippen LogP contribution is -2.60. The number of rotatable bonds is 57. The topological polar surface area (TPSA) is 149 Å². The van der Waals surface area contributed by atoms with Crippen molar-refractivity contribution in [2.45, 2.75) is 346 Å². The lowest BCUT2D eigenvalue weighted by atomic mass is 9.99. The second-order valence-corrected chi connectivity index (χ2v) is 22.9. The van der Waals surface area contributed by atoms with Crippen LogP contribution in [0.15, 0.2) is 72.9 Å². The van der Waals surface area contributed by atoms with E-state index in [4.69, 9.17) is 9.47 Å². The van der Waals surface area contributed by atoms with E-state index in [9.17, 15) is 30.3 Å². The normalized spacial score (nSPS) is 19.1. The first-order valence-electron chi connectivity index (χ1n) is 33.1. The summed E-state index contributed by atoms with van der Waals surface area (Å²) >= 11 is 0. The maximum absolute atomic E-state index is 13.1. The second-order valence-electron chi connectivity index (χ2n) is 22.9. The van der Waals surface area contributed by atoms with Crippen molar-refractivity contribution >= 4 is 5.91 Å². The van der Waals surface area contributed by atoms with Crippen LogP contribution < -0.4 is 5.32 Å². The molecular weight excluding hydrogens is 971 g/mol. The molecule has 1 saturated heterocycles. The van der Waals surface area contributed by atoms with Crippen molar-refractivity contribution in [1.29, 1.82) is 0 Å². The molecule has 0 saturated carbocycles. The lowest BCUT2D eigenvalue weighted by molar-refractivity contribution is -0.302. The van der Waals surface area contributed by atoms with Crippen molar-refractivity contribution in [3.8, 4) is 0 Å². The molecule has 1 aliphatic rings. The Labute approximate surface area is 480 Å². The Balaban J connectivity index is 2.11. The number of allylic oxidation sites excluding steroid dienone is 12. The van der Waals surface area contributed by atoms with Gasteiger partial charge >= 0.3 is 0 Å². The summed E-state index contributed by atoms with van der Waals surface area (Å²) in [7, 11) is 0. The molecule has 0 radical (unpaired) electrons. The van der Waals surface area contributed by atoms with Gasteiger partial charge in [-0.3, -0.25) is 4.79 Å². The highest BCUT2D eigenvalue weighted by Gasteiger charge is 2.44. The minimum absolute atomic E-state index is 0.137. The molecule has 454 valence electrons. The van der Waals surface area contributed by atoms with E-state index >= 15 is 0 Å². The minimum Gasteiger partial charge on any atom is -0.394 e. The van der Waals surface area contributed by atoms with E-state index in [2.05, 4.69) is 92.1 Å². The highest BCUT2D eigenvalue weighted by atomic mass is 16.7. The Morgan fingerprint density at radius 1 is 0.449 bits per heavy atom. The number of unbranched alkanes of at least 4 members (excludes halogenated alkanes) is 35. The monoisotopic (exact) mass is 1100 g/mol. The van der Waals surface area contributed by atoms with Crippen LogP contribution in [-0.4, -0.2) is 87.5 Å². The number of carbonyl (C=O) groups excluding carboxylic acids is 1. The van der Waals surface area contributed by atoms with Gasteiger partial charge in [0.15, 0.2) is 6.29 Å². The van der Waals surface area contributed by atoms with E-state index < -0.39 is 49.5 Å². The summed E-state index contributed by atoms with van der Waals surface area (Å²) in [6, 6.07) is -0.722. The summed E-state index contributed by atoms with van der Waals surface area (Å²) in [5.74, 6) is -0.142. The first-order chi connectivity index (χ1) is 38.3. The molecule has 0 spiro atoms. The lowest BCUT2D eigenvalue weighted by Gasteiger charge is -2.40. The fourth-order valence-corrected chi connectivity index (χ4v) is 10.4. The van der Waals surface area contributed by atoms with Crippen LogP contribution in [0, 0.1) is 0 Å². The van der Waals surface area contributed by atoms with Crippen LogP contribution in [0.3, 0.4) is 0 Å². The Morgan fingerprint density at radius 3 is 1.18 bits per heavy atom. The Hall–Kier alpha value is -2.37. The highest BCUT2D eigenvalue weighted by Crippen LogP contribution is 2.23. The molecule has 7 unspecified atom stereocenters. The average molecular weight is 1100 g/mol. The largest absolute Gasteiger partial charge is 0.394 e. The number of aliphatic hydroxyl groups is 5. The molecule has 1 fully saturated rings. The molecule has 9 heteroatoms. The molecule has 9 nitrogen and oxygen atoms in total. The number of hydrogen-bond donors (Lipinski definition) is 6. The van der Waals surface area contributed by atoms with Crippen LogP contribution in [0.25, 0.3) is 0 Å². The molecule has 1 aliphatic heterocycles. The van der Waals surface area contributed by atoms with Gasteiger partial charge in [-0.1, -0.05) is 305 Å². The fourth-order valence-electron chi connectivity index (χ4n) is 10.4. The first kappa shape index (κ1) is 73.6. The SMILES string of the molecule is CC/C=C\C/C=C\C/C=C\C/C=C\C/C=C\C/C=C\CCCCCCCCCCCCCCCCCCC(=O)NC(COC1OC(CO)C(O)C(O)C1O)C(O)CCCCCCCCCCCCCCCCCCCCCC. The van der Waals surface area contributed by atoms with Gasteiger partial charge < -0.3 is 40.3 Å². The zero-order chi connectivity index (χ0) is 56.5. The molecule has 0 bridgehead atoms. The van der Waals surface area contributed by atoms with E-state index in [-0.39, 0.29) is 12.5 Å². The molecule has 0 aromatic rings. The average Bonchev–Trinajstić information content (AvgIpc) is 3.45. The van der Waals surface area contributed by atoms with Crippen molar-refractivity contribution in [1.82, 2.24) is 5.32 Å². The van der Waals surface area contributed by atoms with Gasteiger partial charge in [0.05, 0.1) is 25.4 Å². The van der Waals surface area contributed by atoms with Crippen molar-refractivity contribution in [2.75, 3.05) is 13.2 Å². The Kier molecular flexibility index (Phi) is 54.6. The molecule has 6 N–H and O–H groups in total. The summed E-state index contributed by atoms with van der Waals surface area (Å²) in [4.78, 5) is 13.1. The quantitative estimate of drug-likeness (QED) is 0.0261. The van der Waals surface area contributed by atoms with Crippen LogP contribution in [0.1, 0.15) is 303 Å². The molecular formula is C69H125NO8. The second kappa shape index (κ2) is 57.8. The first-order valence-corrected chi connectivity index (χ1v) is 33.1. The van der Waals surface area contributed by atoms with Gasteiger partial charge in [0.2, 0.25) is 5.91 Å². The number of aliphatic hydroxyl groups excluding tert-OH is 5. The third-order valence-electron chi connectivity index (χ3n) is 15.6. The zero-order valence-electron chi connectivity index (χ0n) is 50.7. The van der Waals surface area contributed by atoms with E-state index in [0.29, 0.717) is 12.8 Å². The summed E-state index contributed by atoms with van der Waals surface area (Å²) < 4.78 is 11.4. The van der Waals surface area contributed by atoms with Gasteiger partial charge in [-0.2, -0.15) is 0 Å². The molecule has 0 aromatic carbocycles. The van der Waals surface area contributed by atoms with E-state index in [1.165, 1.54) is 199 Å². The van der Waals surface area contributed by atoms with E-state index in [1.807, 2.05) is 0 Å². The van der Waals surface area contributed by atoms with E-state index in [1.54, 1.807) is 0 Å². The van der Waals surface area contributed by atoms with Gasteiger partial charge in [-0.25, -0.2) is 0 Å². The molecule has 1 heterocycles. The maximum Gasteiger partial charge on any atom is 0.220 e. The highest BCUT2D eigenvalue weighted by molar-refractivity contribution is 5.76. The molecule has 78 heavy (non-hydrogen) atoms. The molecule has 0 aromatic heterocycles. The summed E-state index contributed by atoms with van der Waals surface area (Å²) in [5.41, 5.74) is 0. The summed E-state index contributed by atoms with van der Waals surface area (Å²) in [6.45, 7) is 3.76. The number of ether oxygens (including phenoxy) is 2. The van der Waals surface area contributed by atoms with Crippen LogP contribution in [0.4, 0.5) is 0 Å². The fraction of sp³-hybridized carbons (Fsp3) is 0.812. The van der Waals surface area contributed by atoms with Gasteiger partial charge in [0.25, 0.3) is 0 Å². The minimum atomic E-state index is -1.56. The summed E-state index contributed by atoms with van der Waals surface area (Å²) in [6.07, 6.45) is 73.8. The van der Waals surface area contributed by atoms with Crippen molar-refractivity contribution in [3.05, 3.63) is 72.9 Å². The maximum atomic E-state index is 13.1. The molecule has 1 rings (SSSR count). The van der Waals surface area contributed by atoms with Gasteiger partial charge in [0.1, 0.15) is 24.4 Å². The number of carbonyl (C=O) groups is 1. The van der Waals surface area contributed by atoms with Crippen LogP contribution >= 0.6 is 0 Å². The summed E-state index contributed by atoms with van der Waals surface area (Å²) in [5, 5.41) is 54.8. The van der Waals surface area contributed by atoms with Gasteiger partial charge in [0, 0.05) is 6.42 Å². The standard InChI is InChI=1S/C69H125NO8/c1-3-5-7-9-11-13-15-17-19-21-23-25-26-27-28-29-30-31-32-33-34-35-36-37-38-39-41-43-45-47-49-51-53-55-57-59-65(73)70-62(61-77-69-68(76)67(75)66(74)64(60-71)78-69)63(72)58-56-54-52-50-48-46-44-42-40-24-22-20-18-16-14-12-10-8-6-4-2/h5,7,11,13,17,19,23,25,27-28,30-31,62-64,66-69,71-72,74-76H,3-4,6,8-10,12,14-16,18,20-22,24,26,29,32-61H2,1-2H3,(H,70,73)/b7-5-,13-11-,19-17-,25-23-,28-27-,31-30-. The van der Waals surface area contributed by atoms with Gasteiger partial charge in [-0.15, -0.1) is 0 Å². The molecule has 0 aliphatic carbocycles. The Bertz CT molecular complexity index is 1460. The van der Waals surface area contributed by atoms with Gasteiger partial charge in [-0.05, 0) is 64.2 Å². The smallest absolute Gasteiger partial charge is 0.220 e. The third kappa shape index (κ3) is 46.3. The third-order valence-corrected chi connectivity index (χ3v) is 15.6. The van der Waals surface area contributed by atoms with Crippen LogP contribution in [-0.2, 0) is 14.3 Å². The Morgan fingerprint density at radius 2 is 0.795 bits per heavy atom. The predicted molar refractivity (Wildman–Crippen MR) is 332 cm³/mol. The molecule has 7 atom stereocenters. The van der Waals surface area contributed by atoms with Crippen LogP contribution in [0.5, 0.6) is 0 Å². The van der Waals surface area contributed by atoms with Crippen molar-refractivity contribution < 1.29 is 39.8 Å². The van der Waals surface area contributed by atoms with Crippen LogP contribution in [0.2, 0.25) is 0 Å². The predicted octanol–water partition coefficient (Wildman–Crippen LogP) is 17.6. The number of nitrogens with one attached hydrogen (secondary N) is 1.